The summed E-state index contributed by atoms with van der Waals surface area (Å²) in [6.45, 7) is 5.03. The van der Waals surface area contributed by atoms with E-state index in [0.717, 1.165) is 0 Å². The minimum Gasteiger partial charge on any atom is -0.507 e. The first-order valence-electron chi connectivity index (χ1n) is 10.2. The van der Waals surface area contributed by atoms with Crippen molar-refractivity contribution < 1.29 is 24.2 Å². The lowest BCUT2D eigenvalue weighted by Gasteiger charge is -2.25. The van der Waals surface area contributed by atoms with Crippen LogP contribution in [-0.4, -0.2) is 48.6 Å². The Bertz CT molecular complexity index is 1050. The molecular formula is C24H25Cl2NO5. The van der Waals surface area contributed by atoms with Crippen LogP contribution in [0.1, 0.15) is 31.0 Å². The molecule has 6 nitrogen and oxygen atoms in total. The third kappa shape index (κ3) is 5.09. The Hall–Kier alpha value is -2.54. The Balaban J connectivity index is 2.12. The summed E-state index contributed by atoms with van der Waals surface area (Å²) < 4.78 is 11.0. The number of amides is 1. The average molecular weight is 478 g/mol. The maximum Gasteiger partial charge on any atom is 0.295 e. The maximum absolute atomic E-state index is 13.0. The predicted molar refractivity (Wildman–Crippen MR) is 124 cm³/mol. The molecule has 1 N–H and O–H groups in total. The van der Waals surface area contributed by atoms with E-state index in [4.69, 9.17) is 32.7 Å². The number of aliphatic hydroxyl groups excluding tert-OH is 1. The van der Waals surface area contributed by atoms with Crippen LogP contribution in [0.15, 0.2) is 48.0 Å². The van der Waals surface area contributed by atoms with Gasteiger partial charge in [-0.25, -0.2) is 0 Å². The van der Waals surface area contributed by atoms with Gasteiger partial charge in [-0.3, -0.25) is 9.59 Å². The number of hydrogen-bond donors (Lipinski definition) is 1. The van der Waals surface area contributed by atoms with Gasteiger partial charge in [-0.1, -0.05) is 49.2 Å². The number of aliphatic hydroxyl groups is 1. The first kappa shape index (κ1) is 24.1. The van der Waals surface area contributed by atoms with Crippen LogP contribution in [0.2, 0.25) is 10.0 Å². The van der Waals surface area contributed by atoms with Gasteiger partial charge in [0.25, 0.3) is 11.7 Å². The SMILES string of the molecule is COCCN1C(=O)C(=O)/C(=C(\O)c2ccc(Cl)c(Cl)c2)C1c1cccc(OCC(C)C)c1. The normalized spacial score (nSPS) is 17.9. The Morgan fingerprint density at radius 1 is 1.12 bits per heavy atom. The van der Waals surface area contributed by atoms with Crippen LogP contribution in [0.3, 0.4) is 0 Å². The zero-order valence-electron chi connectivity index (χ0n) is 18.1. The molecule has 3 rings (SSSR count). The fraction of sp³-hybridized carbons (Fsp3) is 0.333. The van der Waals surface area contributed by atoms with Gasteiger partial charge in [0, 0.05) is 19.2 Å². The van der Waals surface area contributed by atoms with E-state index in [-0.39, 0.29) is 29.5 Å². The molecule has 1 aliphatic heterocycles. The van der Waals surface area contributed by atoms with Gasteiger partial charge in [0.1, 0.15) is 11.5 Å². The second-order valence-corrected chi connectivity index (χ2v) is 8.71. The summed E-state index contributed by atoms with van der Waals surface area (Å²) in [5, 5.41) is 11.6. The third-order valence-electron chi connectivity index (χ3n) is 5.03. The van der Waals surface area contributed by atoms with Gasteiger partial charge in [-0.15, -0.1) is 0 Å². The van der Waals surface area contributed by atoms with Crippen molar-refractivity contribution in [2.45, 2.75) is 19.9 Å². The molecule has 1 atom stereocenters. The number of carbonyl (C=O) groups excluding carboxylic acids is 2. The highest BCUT2D eigenvalue weighted by atomic mass is 35.5. The standard InChI is InChI=1S/C24H25Cl2NO5/c1-14(2)13-32-17-6-4-5-15(11-17)21-20(23(29)24(30)27(21)9-10-31-3)22(28)16-7-8-18(25)19(26)12-16/h4-8,11-12,14,21,28H,9-10,13H2,1-3H3/b22-20-. The number of methoxy groups -OCH3 is 1. The van der Waals surface area contributed by atoms with Crippen molar-refractivity contribution in [3.8, 4) is 5.75 Å². The number of benzene rings is 2. The van der Waals surface area contributed by atoms with Crippen LogP contribution in [0.5, 0.6) is 5.75 Å². The number of ether oxygens (including phenoxy) is 2. The summed E-state index contributed by atoms with van der Waals surface area (Å²) in [4.78, 5) is 27.2. The Morgan fingerprint density at radius 2 is 1.88 bits per heavy atom. The van der Waals surface area contributed by atoms with Gasteiger partial charge in [-0.05, 0) is 41.8 Å². The monoisotopic (exact) mass is 477 g/mol. The second-order valence-electron chi connectivity index (χ2n) is 7.89. The zero-order valence-corrected chi connectivity index (χ0v) is 19.6. The lowest BCUT2D eigenvalue weighted by atomic mass is 9.95. The number of Topliss-reactive ketones (excluding diaryl/α,β-unsaturated/α-hetero) is 1. The summed E-state index contributed by atoms with van der Waals surface area (Å²) in [5.41, 5.74) is 0.912. The van der Waals surface area contributed by atoms with Crippen molar-refractivity contribution in [2.24, 2.45) is 5.92 Å². The van der Waals surface area contributed by atoms with Crippen molar-refractivity contribution in [3.05, 3.63) is 69.2 Å². The third-order valence-corrected chi connectivity index (χ3v) is 5.77. The quantitative estimate of drug-likeness (QED) is 0.325. The first-order chi connectivity index (χ1) is 15.2. The molecule has 8 heteroatoms. The number of likely N-dealkylation sites (tertiary alicyclic amines) is 1. The van der Waals surface area contributed by atoms with Crippen molar-refractivity contribution in [1.82, 2.24) is 4.90 Å². The molecule has 2 aromatic rings. The van der Waals surface area contributed by atoms with Crippen molar-refractivity contribution in [1.29, 1.82) is 0 Å². The Labute approximate surface area is 197 Å². The summed E-state index contributed by atoms with van der Waals surface area (Å²) in [5.74, 6) is -0.852. The molecule has 1 unspecified atom stereocenters. The van der Waals surface area contributed by atoms with Crippen molar-refractivity contribution in [2.75, 3.05) is 26.9 Å². The van der Waals surface area contributed by atoms with Crippen LogP contribution in [0, 0.1) is 5.92 Å². The van der Waals surface area contributed by atoms with Gasteiger partial charge in [-0.2, -0.15) is 0 Å². The number of hydrogen-bond acceptors (Lipinski definition) is 5. The average Bonchev–Trinajstić information content (AvgIpc) is 3.02. The largest absolute Gasteiger partial charge is 0.507 e. The van der Waals surface area contributed by atoms with E-state index in [1.807, 2.05) is 19.9 Å². The summed E-state index contributed by atoms with van der Waals surface area (Å²) in [6, 6.07) is 10.9. The molecular weight excluding hydrogens is 453 g/mol. The second kappa shape index (κ2) is 10.4. The van der Waals surface area contributed by atoms with E-state index in [0.29, 0.717) is 34.4 Å². The van der Waals surface area contributed by atoms with Crippen LogP contribution < -0.4 is 4.74 Å². The lowest BCUT2D eigenvalue weighted by molar-refractivity contribution is -0.140. The molecule has 0 spiro atoms. The first-order valence-corrected chi connectivity index (χ1v) is 11.0. The topological polar surface area (TPSA) is 76.1 Å². The van der Waals surface area contributed by atoms with Gasteiger partial charge in [0.05, 0.1) is 34.9 Å². The highest BCUT2D eigenvalue weighted by Crippen LogP contribution is 2.40. The van der Waals surface area contributed by atoms with Crippen LogP contribution in [0.4, 0.5) is 0 Å². The molecule has 32 heavy (non-hydrogen) atoms. The van der Waals surface area contributed by atoms with Crippen molar-refractivity contribution >= 4 is 40.7 Å². The smallest absolute Gasteiger partial charge is 0.295 e. The number of halogens is 2. The molecule has 0 bridgehead atoms. The zero-order chi connectivity index (χ0) is 23.4. The van der Waals surface area contributed by atoms with Gasteiger partial charge in [0.2, 0.25) is 0 Å². The Kier molecular flexibility index (Phi) is 7.82. The van der Waals surface area contributed by atoms with E-state index in [1.165, 1.54) is 24.1 Å². The molecule has 0 aliphatic carbocycles. The highest BCUT2D eigenvalue weighted by molar-refractivity contribution is 6.46. The van der Waals surface area contributed by atoms with Crippen LogP contribution in [-0.2, 0) is 14.3 Å². The molecule has 1 heterocycles. The van der Waals surface area contributed by atoms with Gasteiger partial charge >= 0.3 is 0 Å². The van der Waals surface area contributed by atoms with E-state index in [1.54, 1.807) is 24.3 Å². The fourth-order valence-electron chi connectivity index (χ4n) is 3.48. The van der Waals surface area contributed by atoms with Crippen LogP contribution in [0.25, 0.3) is 5.76 Å². The minimum absolute atomic E-state index is 0.0227. The fourth-order valence-corrected chi connectivity index (χ4v) is 3.78. The lowest BCUT2D eigenvalue weighted by Crippen LogP contribution is -2.32. The Morgan fingerprint density at radius 3 is 2.53 bits per heavy atom. The number of rotatable bonds is 8. The minimum atomic E-state index is -0.804. The molecule has 0 radical (unpaired) electrons. The van der Waals surface area contributed by atoms with Gasteiger partial charge < -0.3 is 19.5 Å². The number of nitrogens with zero attached hydrogens (tertiary/aromatic N) is 1. The summed E-state index contributed by atoms with van der Waals surface area (Å²) in [7, 11) is 1.52. The number of ketones is 1. The van der Waals surface area contributed by atoms with E-state index < -0.39 is 17.7 Å². The highest BCUT2D eigenvalue weighted by Gasteiger charge is 2.46. The van der Waals surface area contributed by atoms with Gasteiger partial charge in [0.15, 0.2) is 0 Å². The molecule has 1 amide bonds. The molecule has 2 aromatic carbocycles. The maximum atomic E-state index is 13.0. The van der Waals surface area contributed by atoms with Crippen LogP contribution >= 0.6 is 23.2 Å². The van der Waals surface area contributed by atoms with E-state index in [9.17, 15) is 14.7 Å². The van der Waals surface area contributed by atoms with E-state index >= 15 is 0 Å². The molecule has 0 aromatic heterocycles. The van der Waals surface area contributed by atoms with E-state index in [2.05, 4.69) is 0 Å². The summed E-state index contributed by atoms with van der Waals surface area (Å²) >= 11 is 12.1. The summed E-state index contributed by atoms with van der Waals surface area (Å²) in [6.07, 6.45) is 0. The molecule has 0 saturated carbocycles. The molecule has 170 valence electrons. The molecule has 1 aliphatic rings. The predicted octanol–water partition coefficient (Wildman–Crippen LogP) is 5.10. The molecule has 1 saturated heterocycles. The number of carbonyl (C=O) groups is 2. The molecule has 1 fully saturated rings. The van der Waals surface area contributed by atoms with Crippen molar-refractivity contribution in [3.63, 3.8) is 0 Å².